The smallest absolute Gasteiger partial charge is 0.305 e. The Labute approximate surface area is 199 Å². The molecule has 3 unspecified atom stereocenters. The molecule has 0 amide bonds. The first-order valence-corrected chi connectivity index (χ1v) is 13.7. The molecule has 32 heavy (non-hydrogen) atoms. The van der Waals surface area contributed by atoms with Gasteiger partial charge in [-0.25, -0.2) is 0 Å². The highest BCUT2D eigenvalue weighted by molar-refractivity contribution is 5.69. The molecule has 3 atom stereocenters. The average Bonchev–Trinajstić information content (AvgIpc) is 2.76. The molecule has 5 nitrogen and oxygen atoms in total. The molecular weight excluding hydrogens is 402 g/mol. The number of aliphatic hydroxyl groups excluding tert-OH is 2. The van der Waals surface area contributed by atoms with Crippen LogP contribution in [0.25, 0.3) is 0 Å². The Balaban J connectivity index is 4.49. The van der Waals surface area contributed by atoms with E-state index in [0.29, 0.717) is 32.5 Å². The summed E-state index contributed by atoms with van der Waals surface area (Å²) in [4.78, 5) is 14.0. The van der Waals surface area contributed by atoms with Gasteiger partial charge in [-0.2, -0.15) is 0 Å². The number of carbonyl (C=O) groups excluding carboxylic acids is 1. The lowest BCUT2D eigenvalue weighted by molar-refractivity contribution is -0.143. The van der Waals surface area contributed by atoms with Crippen LogP contribution in [0.4, 0.5) is 0 Å². The maximum atomic E-state index is 11.8. The van der Waals surface area contributed by atoms with Crippen molar-refractivity contribution in [2.75, 3.05) is 19.7 Å². The fraction of sp³-hybridized carbons (Fsp3) is 0.963. The zero-order chi connectivity index (χ0) is 24.0. The molecule has 0 spiro atoms. The third kappa shape index (κ3) is 18.9. The van der Waals surface area contributed by atoms with Crippen molar-refractivity contribution in [1.29, 1.82) is 0 Å². The normalized spacial score (nSPS) is 14.5. The molecule has 0 heterocycles. The van der Waals surface area contributed by atoms with Gasteiger partial charge in [0.25, 0.3) is 0 Å². The van der Waals surface area contributed by atoms with Crippen molar-refractivity contribution in [3.05, 3.63) is 0 Å². The SMILES string of the molecule is CCCCCCCCC(O)CN(CC(O)CCCCCCCC)C(C)CCC(=O)OCC. The van der Waals surface area contributed by atoms with E-state index in [1.165, 1.54) is 64.2 Å². The van der Waals surface area contributed by atoms with Gasteiger partial charge in [-0.1, -0.05) is 90.9 Å². The van der Waals surface area contributed by atoms with Gasteiger partial charge in [0.15, 0.2) is 0 Å². The first kappa shape index (κ1) is 31.4. The van der Waals surface area contributed by atoms with Crippen LogP contribution >= 0.6 is 0 Å². The van der Waals surface area contributed by atoms with E-state index in [2.05, 4.69) is 25.7 Å². The topological polar surface area (TPSA) is 70.0 Å². The summed E-state index contributed by atoms with van der Waals surface area (Å²) in [6.45, 7) is 9.90. The molecule has 0 aliphatic heterocycles. The van der Waals surface area contributed by atoms with E-state index >= 15 is 0 Å². The largest absolute Gasteiger partial charge is 0.466 e. The van der Waals surface area contributed by atoms with E-state index < -0.39 is 0 Å². The van der Waals surface area contributed by atoms with Crippen molar-refractivity contribution < 1.29 is 19.7 Å². The van der Waals surface area contributed by atoms with Crippen molar-refractivity contribution in [3.63, 3.8) is 0 Å². The summed E-state index contributed by atoms with van der Waals surface area (Å²) >= 11 is 0. The van der Waals surface area contributed by atoms with Gasteiger partial charge in [-0.3, -0.25) is 9.69 Å². The second kappa shape index (κ2) is 22.2. The van der Waals surface area contributed by atoms with Gasteiger partial charge in [-0.15, -0.1) is 0 Å². The number of rotatable bonds is 23. The van der Waals surface area contributed by atoms with Crippen LogP contribution in [0.15, 0.2) is 0 Å². The molecule has 0 bridgehead atoms. The van der Waals surface area contributed by atoms with Crippen molar-refractivity contribution in [2.24, 2.45) is 0 Å². The Bertz CT molecular complexity index is 394. The minimum Gasteiger partial charge on any atom is -0.466 e. The summed E-state index contributed by atoms with van der Waals surface area (Å²) < 4.78 is 5.06. The molecule has 0 fully saturated rings. The third-order valence-electron chi connectivity index (χ3n) is 6.37. The summed E-state index contributed by atoms with van der Waals surface area (Å²) in [7, 11) is 0. The predicted octanol–water partition coefficient (Wildman–Crippen LogP) is 6.24. The van der Waals surface area contributed by atoms with E-state index in [9.17, 15) is 15.0 Å². The minimum absolute atomic E-state index is 0.123. The van der Waals surface area contributed by atoms with Crippen molar-refractivity contribution in [1.82, 2.24) is 4.90 Å². The van der Waals surface area contributed by atoms with Crippen LogP contribution in [0.3, 0.4) is 0 Å². The lowest BCUT2D eigenvalue weighted by Crippen LogP contribution is -2.43. The number of nitrogens with zero attached hydrogens (tertiary/aromatic N) is 1. The molecule has 0 saturated heterocycles. The van der Waals surface area contributed by atoms with Gasteiger partial charge < -0.3 is 14.9 Å². The molecule has 0 aliphatic rings. The molecule has 5 heteroatoms. The number of hydrogen-bond acceptors (Lipinski definition) is 5. The Morgan fingerprint density at radius 2 is 1.16 bits per heavy atom. The zero-order valence-corrected chi connectivity index (χ0v) is 21.8. The van der Waals surface area contributed by atoms with Crippen LogP contribution in [0, 0.1) is 0 Å². The van der Waals surface area contributed by atoms with E-state index in [1.54, 1.807) is 0 Å². The maximum absolute atomic E-state index is 11.8. The Hall–Kier alpha value is -0.650. The van der Waals surface area contributed by atoms with Gasteiger partial charge in [0.1, 0.15) is 0 Å². The van der Waals surface area contributed by atoms with E-state index in [-0.39, 0.29) is 24.2 Å². The molecule has 2 N–H and O–H groups in total. The number of aliphatic hydroxyl groups is 2. The van der Waals surface area contributed by atoms with Crippen LogP contribution in [0.1, 0.15) is 130 Å². The first-order valence-electron chi connectivity index (χ1n) is 13.7. The fourth-order valence-corrected chi connectivity index (χ4v) is 4.22. The van der Waals surface area contributed by atoms with Gasteiger partial charge in [0.2, 0.25) is 0 Å². The minimum atomic E-state index is -0.382. The van der Waals surface area contributed by atoms with Crippen LogP contribution < -0.4 is 0 Å². The Morgan fingerprint density at radius 3 is 1.59 bits per heavy atom. The van der Waals surface area contributed by atoms with Crippen molar-refractivity contribution in [3.8, 4) is 0 Å². The highest BCUT2D eigenvalue weighted by Crippen LogP contribution is 2.15. The Kier molecular flexibility index (Phi) is 21.7. The summed E-state index contributed by atoms with van der Waals surface area (Å²) in [5.41, 5.74) is 0. The summed E-state index contributed by atoms with van der Waals surface area (Å²) in [6, 6.07) is 0.123. The number of unbranched alkanes of at least 4 members (excludes halogenated alkanes) is 10. The second-order valence-corrected chi connectivity index (χ2v) is 9.57. The average molecular weight is 458 g/mol. The van der Waals surface area contributed by atoms with Gasteiger partial charge in [-0.05, 0) is 33.1 Å². The highest BCUT2D eigenvalue weighted by atomic mass is 16.5. The summed E-state index contributed by atoms with van der Waals surface area (Å²) in [5, 5.41) is 21.3. The molecule has 0 aliphatic carbocycles. The Morgan fingerprint density at radius 1 is 0.719 bits per heavy atom. The fourth-order valence-electron chi connectivity index (χ4n) is 4.22. The quantitative estimate of drug-likeness (QED) is 0.140. The molecule has 0 aromatic heterocycles. The lowest BCUT2D eigenvalue weighted by Gasteiger charge is -2.32. The molecule has 0 saturated carbocycles. The number of esters is 1. The second-order valence-electron chi connectivity index (χ2n) is 9.57. The molecular formula is C27H55NO4. The number of hydrogen-bond donors (Lipinski definition) is 2. The highest BCUT2D eigenvalue weighted by Gasteiger charge is 2.21. The van der Waals surface area contributed by atoms with Crippen molar-refractivity contribution >= 4 is 5.97 Å². The third-order valence-corrected chi connectivity index (χ3v) is 6.37. The van der Waals surface area contributed by atoms with Gasteiger partial charge in [0.05, 0.1) is 18.8 Å². The zero-order valence-electron chi connectivity index (χ0n) is 21.8. The maximum Gasteiger partial charge on any atom is 0.305 e. The molecule has 0 aromatic carbocycles. The van der Waals surface area contributed by atoms with Crippen LogP contribution in [-0.4, -0.2) is 59.0 Å². The van der Waals surface area contributed by atoms with E-state index in [0.717, 1.165) is 25.7 Å². The van der Waals surface area contributed by atoms with E-state index in [1.807, 2.05) is 6.92 Å². The van der Waals surface area contributed by atoms with E-state index in [4.69, 9.17) is 4.74 Å². The summed E-state index contributed by atoms with van der Waals surface area (Å²) in [5.74, 6) is -0.167. The van der Waals surface area contributed by atoms with Crippen LogP contribution in [0.5, 0.6) is 0 Å². The van der Waals surface area contributed by atoms with Gasteiger partial charge in [0, 0.05) is 25.6 Å². The van der Waals surface area contributed by atoms with Crippen molar-refractivity contribution in [2.45, 2.75) is 149 Å². The molecule has 0 radical (unpaired) electrons. The van der Waals surface area contributed by atoms with Crippen LogP contribution in [0.2, 0.25) is 0 Å². The molecule has 0 rings (SSSR count). The predicted molar refractivity (Wildman–Crippen MR) is 135 cm³/mol. The van der Waals surface area contributed by atoms with Gasteiger partial charge >= 0.3 is 5.97 Å². The number of ether oxygens (including phenoxy) is 1. The molecule has 0 aromatic rings. The van der Waals surface area contributed by atoms with Crippen LogP contribution in [-0.2, 0) is 9.53 Å². The monoisotopic (exact) mass is 457 g/mol. The molecule has 192 valence electrons. The first-order chi connectivity index (χ1) is 15.4. The number of carbonyl (C=O) groups is 1. The lowest BCUT2D eigenvalue weighted by atomic mass is 10.0. The summed E-state index contributed by atoms with van der Waals surface area (Å²) in [6.07, 6.45) is 16.5. The standard InChI is InChI=1S/C27H55NO4/c1-5-8-10-12-14-16-18-25(29)22-28(24(4)20-21-27(31)32-7-3)23-26(30)19-17-15-13-11-9-6-2/h24-26,29-30H,5-23H2,1-4H3.